The van der Waals surface area contributed by atoms with Crippen molar-refractivity contribution in [3.05, 3.63) is 92.2 Å². The van der Waals surface area contributed by atoms with Gasteiger partial charge in [0.15, 0.2) is 11.5 Å². The fourth-order valence-corrected chi connectivity index (χ4v) is 5.13. The number of carbonyl (C=O) groups excluding carboxylic acids is 2. The number of aliphatic hydroxyl groups is 1. The van der Waals surface area contributed by atoms with Crippen LogP contribution in [0.15, 0.2) is 54.1 Å². The highest BCUT2D eigenvalue weighted by atomic mass is 35.5. The lowest BCUT2D eigenvalue weighted by molar-refractivity contribution is -0.132. The summed E-state index contributed by atoms with van der Waals surface area (Å²) in [6, 6.07) is 11.1. The summed E-state index contributed by atoms with van der Waals surface area (Å²) >= 11 is 12.7. The number of ketones is 1. The number of aliphatic hydroxyl groups excluding tert-OH is 1. The van der Waals surface area contributed by atoms with Crippen LogP contribution >= 0.6 is 23.2 Å². The molecule has 3 aromatic carbocycles. The topological polar surface area (TPSA) is 76.1 Å². The van der Waals surface area contributed by atoms with Gasteiger partial charge in [0.25, 0.3) is 11.7 Å². The van der Waals surface area contributed by atoms with Gasteiger partial charge in [0.05, 0.1) is 36.4 Å². The minimum atomic E-state index is -1.06. The van der Waals surface area contributed by atoms with Crippen molar-refractivity contribution in [1.82, 2.24) is 0 Å². The third-order valence-corrected chi connectivity index (χ3v) is 6.53. The molecule has 0 radical (unpaired) electrons. The van der Waals surface area contributed by atoms with Crippen LogP contribution in [0.2, 0.25) is 10.0 Å². The first-order valence-corrected chi connectivity index (χ1v) is 11.6. The molecule has 1 aliphatic heterocycles. The number of anilines is 1. The van der Waals surface area contributed by atoms with Crippen molar-refractivity contribution in [2.45, 2.75) is 19.9 Å². The smallest absolute Gasteiger partial charge is 0.300 e. The van der Waals surface area contributed by atoms with Gasteiger partial charge in [-0.15, -0.1) is 0 Å². The highest BCUT2D eigenvalue weighted by molar-refractivity contribution is 6.52. The molecular formula is C27H22Cl2FNO5. The zero-order valence-corrected chi connectivity index (χ0v) is 21.4. The largest absolute Gasteiger partial charge is 0.507 e. The van der Waals surface area contributed by atoms with Gasteiger partial charge < -0.3 is 14.6 Å². The van der Waals surface area contributed by atoms with Crippen LogP contribution in [0, 0.1) is 19.7 Å². The molecule has 0 bridgehead atoms. The van der Waals surface area contributed by atoms with Crippen LogP contribution < -0.4 is 14.4 Å². The summed E-state index contributed by atoms with van der Waals surface area (Å²) in [4.78, 5) is 28.1. The number of ether oxygens (including phenoxy) is 2. The van der Waals surface area contributed by atoms with Crippen molar-refractivity contribution in [1.29, 1.82) is 0 Å². The Morgan fingerprint density at radius 3 is 2.08 bits per heavy atom. The maximum atomic E-state index is 13.8. The molecule has 6 nitrogen and oxygen atoms in total. The van der Waals surface area contributed by atoms with E-state index >= 15 is 0 Å². The zero-order chi connectivity index (χ0) is 26.3. The first kappa shape index (κ1) is 25.5. The van der Waals surface area contributed by atoms with Gasteiger partial charge in [0, 0.05) is 5.69 Å². The summed E-state index contributed by atoms with van der Waals surface area (Å²) in [6.45, 7) is 3.73. The number of hydrogen-bond donors (Lipinski definition) is 1. The van der Waals surface area contributed by atoms with Crippen LogP contribution in [0.3, 0.4) is 0 Å². The van der Waals surface area contributed by atoms with E-state index in [9.17, 15) is 19.1 Å². The second-order valence-electron chi connectivity index (χ2n) is 8.35. The summed E-state index contributed by atoms with van der Waals surface area (Å²) in [5.74, 6) is -2.68. The summed E-state index contributed by atoms with van der Waals surface area (Å²) in [5, 5.41) is 11.5. The lowest BCUT2D eigenvalue weighted by Gasteiger charge is -2.26. The number of rotatable bonds is 5. The minimum absolute atomic E-state index is 0.00108. The Bertz CT molecular complexity index is 1400. The van der Waals surface area contributed by atoms with Crippen molar-refractivity contribution < 1.29 is 28.6 Å². The van der Waals surface area contributed by atoms with Crippen LogP contribution in [0.4, 0.5) is 10.1 Å². The molecule has 9 heteroatoms. The van der Waals surface area contributed by atoms with Gasteiger partial charge in [-0.2, -0.15) is 0 Å². The molecule has 1 heterocycles. The van der Waals surface area contributed by atoms with E-state index in [2.05, 4.69) is 0 Å². The molecule has 0 aromatic heterocycles. The molecule has 4 rings (SSSR count). The maximum absolute atomic E-state index is 13.8. The van der Waals surface area contributed by atoms with Gasteiger partial charge in [-0.1, -0.05) is 41.4 Å². The van der Waals surface area contributed by atoms with Crippen molar-refractivity contribution in [3.63, 3.8) is 0 Å². The Hall–Kier alpha value is -3.55. The molecular weight excluding hydrogens is 508 g/mol. The van der Waals surface area contributed by atoms with E-state index in [-0.39, 0.29) is 32.7 Å². The van der Waals surface area contributed by atoms with Gasteiger partial charge >= 0.3 is 0 Å². The Labute approximate surface area is 217 Å². The van der Waals surface area contributed by atoms with Crippen LogP contribution in [0.5, 0.6) is 11.5 Å². The molecule has 1 saturated heterocycles. The first-order chi connectivity index (χ1) is 17.1. The zero-order valence-electron chi connectivity index (χ0n) is 19.9. The highest BCUT2D eigenvalue weighted by Crippen LogP contribution is 2.48. The monoisotopic (exact) mass is 529 g/mol. The molecule has 0 aliphatic carbocycles. The third-order valence-electron chi connectivity index (χ3n) is 5.91. The number of benzene rings is 3. The second kappa shape index (κ2) is 9.84. The van der Waals surface area contributed by atoms with E-state index in [0.717, 1.165) is 11.1 Å². The Kier molecular flexibility index (Phi) is 6.98. The molecule has 1 amide bonds. The summed E-state index contributed by atoms with van der Waals surface area (Å²) in [6.07, 6.45) is 0. The van der Waals surface area contributed by atoms with Gasteiger partial charge in [-0.25, -0.2) is 4.39 Å². The lowest BCUT2D eigenvalue weighted by Crippen LogP contribution is -2.29. The lowest BCUT2D eigenvalue weighted by atomic mass is 9.94. The van der Waals surface area contributed by atoms with E-state index < -0.39 is 29.3 Å². The number of carbonyl (C=O) groups is 2. The van der Waals surface area contributed by atoms with Gasteiger partial charge in [-0.3, -0.25) is 14.5 Å². The van der Waals surface area contributed by atoms with Crippen molar-refractivity contribution in [2.24, 2.45) is 0 Å². The number of nitrogens with zero attached hydrogens (tertiary/aromatic N) is 1. The number of Topliss-reactive ketones (excluding diaryl/α,β-unsaturated/α-hetero) is 1. The summed E-state index contributed by atoms with van der Waals surface area (Å²) in [7, 11) is 2.70. The summed E-state index contributed by atoms with van der Waals surface area (Å²) in [5.41, 5.74) is 2.40. The van der Waals surface area contributed by atoms with Crippen LogP contribution in [0.25, 0.3) is 5.76 Å². The fraction of sp³-hybridized carbons (Fsp3) is 0.185. The molecule has 0 spiro atoms. The van der Waals surface area contributed by atoms with Crippen molar-refractivity contribution in [3.8, 4) is 11.5 Å². The molecule has 36 heavy (non-hydrogen) atoms. The Morgan fingerprint density at radius 2 is 1.53 bits per heavy atom. The van der Waals surface area contributed by atoms with Crippen LogP contribution in [-0.4, -0.2) is 31.0 Å². The summed E-state index contributed by atoms with van der Waals surface area (Å²) < 4.78 is 24.4. The molecule has 1 unspecified atom stereocenters. The molecule has 1 N–H and O–H groups in total. The minimum Gasteiger partial charge on any atom is -0.507 e. The predicted molar refractivity (Wildman–Crippen MR) is 137 cm³/mol. The van der Waals surface area contributed by atoms with Crippen molar-refractivity contribution >= 4 is 46.3 Å². The van der Waals surface area contributed by atoms with Crippen LogP contribution in [0.1, 0.15) is 28.3 Å². The average Bonchev–Trinajstić information content (AvgIpc) is 3.09. The predicted octanol–water partition coefficient (Wildman–Crippen LogP) is 6.39. The molecule has 0 saturated carbocycles. The number of halogens is 3. The SMILES string of the molecule is COc1c(Cl)cc(/C(O)=C2\C(=O)C(=O)N(c3cc(C)cc(C)c3)C2c2ccc(F)cc2)c(OC)c1Cl. The van der Waals surface area contributed by atoms with E-state index in [1.54, 1.807) is 12.1 Å². The quantitative estimate of drug-likeness (QED) is 0.235. The molecule has 1 aliphatic rings. The van der Waals surface area contributed by atoms with Gasteiger partial charge in [0.2, 0.25) is 0 Å². The maximum Gasteiger partial charge on any atom is 0.300 e. The number of amides is 1. The normalized spacial score (nSPS) is 17.0. The third kappa shape index (κ3) is 4.29. The Morgan fingerprint density at radius 1 is 0.944 bits per heavy atom. The number of aryl methyl sites for hydroxylation is 2. The first-order valence-electron chi connectivity index (χ1n) is 10.8. The fourth-order valence-electron chi connectivity index (χ4n) is 4.44. The average molecular weight is 530 g/mol. The number of methoxy groups -OCH3 is 2. The van der Waals surface area contributed by atoms with Gasteiger partial charge in [-0.05, 0) is 60.9 Å². The molecule has 186 valence electrons. The number of hydrogen-bond acceptors (Lipinski definition) is 5. The van der Waals surface area contributed by atoms with Crippen molar-refractivity contribution in [2.75, 3.05) is 19.1 Å². The van der Waals surface area contributed by atoms with E-state index in [4.69, 9.17) is 32.7 Å². The van der Waals surface area contributed by atoms with E-state index in [1.807, 2.05) is 19.9 Å². The second-order valence-corrected chi connectivity index (χ2v) is 9.14. The molecule has 3 aromatic rings. The standard InChI is InChI=1S/C27H22Cl2FNO5/c1-13-9-14(2)11-17(10-13)31-22(15-5-7-16(30)8-6-15)20(24(33)27(31)34)23(32)18-12-19(28)26(36-4)21(29)25(18)35-3/h5-12,22,32H,1-4H3/b23-20+. The molecule has 1 fully saturated rings. The van der Waals surface area contributed by atoms with E-state index in [1.165, 1.54) is 49.5 Å². The molecule has 1 atom stereocenters. The highest BCUT2D eigenvalue weighted by Gasteiger charge is 2.47. The van der Waals surface area contributed by atoms with Crippen LogP contribution in [-0.2, 0) is 9.59 Å². The van der Waals surface area contributed by atoms with E-state index in [0.29, 0.717) is 11.3 Å². The van der Waals surface area contributed by atoms with Gasteiger partial charge in [0.1, 0.15) is 16.6 Å². The Balaban J connectivity index is 2.03.